The number of amides is 2. The van der Waals surface area contributed by atoms with E-state index in [0.717, 1.165) is 29.4 Å². The van der Waals surface area contributed by atoms with Crippen molar-refractivity contribution in [2.75, 3.05) is 36.4 Å². The number of nitrogens with one attached hydrogen (secondary N) is 1. The minimum absolute atomic E-state index is 0.0298. The highest BCUT2D eigenvalue weighted by molar-refractivity contribution is 7.22. The predicted molar refractivity (Wildman–Crippen MR) is 113 cm³/mol. The van der Waals surface area contributed by atoms with E-state index < -0.39 is 0 Å². The van der Waals surface area contributed by atoms with E-state index in [0.29, 0.717) is 13.1 Å². The number of aryl methyl sites for hydroxylation is 3. The molecule has 2 amide bonds. The van der Waals surface area contributed by atoms with Crippen LogP contribution in [0.1, 0.15) is 16.7 Å². The predicted octanol–water partition coefficient (Wildman–Crippen LogP) is 4.58. The Morgan fingerprint density at radius 1 is 1.00 bits per heavy atom. The standard InChI is InChI=1S/C21H24N4OS/c1-14-4-7-18-19(12-14)27-21(23-18)25-10-8-24(9-11-25)20(26)22-17-6-5-15(2)16(3)13-17/h4-7,12-13H,8-11H2,1-3H3,(H,22,26). The molecule has 0 unspecified atom stereocenters. The monoisotopic (exact) mass is 380 g/mol. The smallest absolute Gasteiger partial charge is 0.321 e. The summed E-state index contributed by atoms with van der Waals surface area (Å²) in [6.45, 7) is 9.24. The summed E-state index contributed by atoms with van der Waals surface area (Å²) in [5, 5.41) is 4.06. The number of carbonyl (C=O) groups excluding carboxylic acids is 1. The number of thiazole rings is 1. The maximum atomic E-state index is 12.6. The van der Waals surface area contributed by atoms with Crippen LogP contribution in [-0.4, -0.2) is 42.1 Å². The van der Waals surface area contributed by atoms with E-state index in [1.807, 2.05) is 23.1 Å². The highest BCUT2D eigenvalue weighted by Gasteiger charge is 2.23. The van der Waals surface area contributed by atoms with Crippen molar-refractivity contribution in [3.05, 3.63) is 53.1 Å². The maximum absolute atomic E-state index is 12.6. The lowest BCUT2D eigenvalue weighted by Gasteiger charge is -2.34. The van der Waals surface area contributed by atoms with Gasteiger partial charge in [0, 0.05) is 31.9 Å². The number of hydrogen-bond donors (Lipinski definition) is 1. The Morgan fingerprint density at radius 2 is 1.78 bits per heavy atom. The first-order chi connectivity index (χ1) is 13.0. The molecule has 1 N–H and O–H groups in total. The van der Waals surface area contributed by atoms with Gasteiger partial charge in [0.05, 0.1) is 10.2 Å². The molecule has 1 aromatic heterocycles. The Morgan fingerprint density at radius 3 is 2.52 bits per heavy atom. The molecule has 0 spiro atoms. The molecule has 1 aliphatic rings. The summed E-state index contributed by atoms with van der Waals surface area (Å²) in [4.78, 5) is 21.5. The second-order valence-electron chi connectivity index (χ2n) is 7.17. The molecule has 5 nitrogen and oxygen atoms in total. The van der Waals surface area contributed by atoms with Crippen LogP contribution in [-0.2, 0) is 0 Å². The van der Waals surface area contributed by atoms with Crippen molar-refractivity contribution in [3.8, 4) is 0 Å². The molecule has 1 fully saturated rings. The van der Waals surface area contributed by atoms with Gasteiger partial charge in [0.25, 0.3) is 0 Å². The summed E-state index contributed by atoms with van der Waals surface area (Å²) in [5.74, 6) is 0. The fourth-order valence-corrected chi connectivity index (χ4v) is 4.39. The number of nitrogens with zero attached hydrogens (tertiary/aromatic N) is 3. The third kappa shape index (κ3) is 3.76. The van der Waals surface area contributed by atoms with Gasteiger partial charge in [-0.15, -0.1) is 0 Å². The normalized spacial score (nSPS) is 14.6. The lowest BCUT2D eigenvalue weighted by atomic mass is 10.1. The molecule has 6 heteroatoms. The summed E-state index contributed by atoms with van der Waals surface area (Å²) in [6.07, 6.45) is 0. The van der Waals surface area contributed by atoms with Crippen molar-refractivity contribution in [3.63, 3.8) is 0 Å². The summed E-state index contributed by atoms with van der Waals surface area (Å²) in [7, 11) is 0. The number of benzene rings is 2. The number of carbonyl (C=O) groups is 1. The maximum Gasteiger partial charge on any atom is 0.321 e. The van der Waals surface area contributed by atoms with Gasteiger partial charge in [0.2, 0.25) is 0 Å². The van der Waals surface area contributed by atoms with Crippen molar-refractivity contribution >= 4 is 38.4 Å². The quantitative estimate of drug-likeness (QED) is 0.708. The summed E-state index contributed by atoms with van der Waals surface area (Å²) in [6, 6.07) is 12.4. The molecule has 0 atom stereocenters. The minimum atomic E-state index is -0.0298. The van der Waals surface area contributed by atoms with Crippen LogP contribution in [0.15, 0.2) is 36.4 Å². The third-order valence-electron chi connectivity index (χ3n) is 5.13. The first-order valence-electron chi connectivity index (χ1n) is 9.25. The summed E-state index contributed by atoms with van der Waals surface area (Å²) < 4.78 is 1.22. The molecule has 2 heterocycles. The Labute approximate surface area is 163 Å². The molecule has 1 aliphatic heterocycles. The molecule has 2 aromatic carbocycles. The van der Waals surface area contributed by atoms with E-state index in [1.165, 1.54) is 21.4 Å². The van der Waals surface area contributed by atoms with Crippen LogP contribution in [0.3, 0.4) is 0 Å². The average molecular weight is 381 g/mol. The van der Waals surface area contributed by atoms with E-state index in [9.17, 15) is 4.79 Å². The molecule has 3 aromatic rings. The van der Waals surface area contributed by atoms with Crippen molar-refractivity contribution in [1.82, 2.24) is 9.88 Å². The summed E-state index contributed by atoms with van der Waals surface area (Å²) >= 11 is 1.73. The van der Waals surface area contributed by atoms with E-state index in [1.54, 1.807) is 11.3 Å². The van der Waals surface area contributed by atoms with Crippen molar-refractivity contribution in [2.45, 2.75) is 20.8 Å². The van der Waals surface area contributed by atoms with Gasteiger partial charge in [0.1, 0.15) is 0 Å². The number of rotatable bonds is 2. The molecule has 140 valence electrons. The van der Waals surface area contributed by atoms with Gasteiger partial charge < -0.3 is 15.1 Å². The minimum Gasteiger partial charge on any atom is -0.345 e. The number of anilines is 2. The van der Waals surface area contributed by atoms with Crippen molar-refractivity contribution < 1.29 is 4.79 Å². The van der Waals surface area contributed by atoms with E-state index >= 15 is 0 Å². The SMILES string of the molecule is Cc1ccc2nc(N3CCN(C(=O)Nc4ccc(C)c(C)c4)CC3)sc2c1. The van der Waals surface area contributed by atoms with Crippen molar-refractivity contribution in [2.24, 2.45) is 0 Å². The molecular formula is C21H24N4OS. The topological polar surface area (TPSA) is 48.5 Å². The average Bonchev–Trinajstić information content (AvgIpc) is 3.08. The number of urea groups is 1. The van der Waals surface area contributed by atoms with E-state index in [4.69, 9.17) is 4.98 Å². The highest BCUT2D eigenvalue weighted by Crippen LogP contribution is 2.30. The zero-order chi connectivity index (χ0) is 19.0. The lowest BCUT2D eigenvalue weighted by molar-refractivity contribution is 0.208. The largest absolute Gasteiger partial charge is 0.345 e. The van der Waals surface area contributed by atoms with Gasteiger partial charge in [-0.3, -0.25) is 0 Å². The van der Waals surface area contributed by atoms with Gasteiger partial charge in [0.15, 0.2) is 5.13 Å². The van der Waals surface area contributed by atoms with Gasteiger partial charge in [-0.25, -0.2) is 9.78 Å². The van der Waals surface area contributed by atoms with Crippen LogP contribution in [0.5, 0.6) is 0 Å². The Hall–Kier alpha value is -2.60. The van der Waals surface area contributed by atoms with Crippen LogP contribution in [0.4, 0.5) is 15.6 Å². The Bertz CT molecular complexity index is 989. The second-order valence-corrected chi connectivity index (χ2v) is 8.18. The lowest BCUT2D eigenvalue weighted by Crippen LogP contribution is -2.50. The van der Waals surface area contributed by atoms with Gasteiger partial charge in [-0.05, 0) is 61.7 Å². The van der Waals surface area contributed by atoms with E-state index in [-0.39, 0.29) is 6.03 Å². The molecule has 0 radical (unpaired) electrons. The Kier molecular flexibility index (Phi) is 4.74. The first kappa shape index (κ1) is 17.8. The highest BCUT2D eigenvalue weighted by atomic mass is 32.1. The van der Waals surface area contributed by atoms with Crippen LogP contribution < -0.4 is 10.2 Å². The van der Waals surface area contributed by atoms with Crippen LogP contribution >= 0.6 is 11.3 Å². The molecule has 0 bridgehead atoms. The number of fused-ring (bicyclic) bond motifs is 1. The van der Waals surface area contributed by atoms with Crippen LogP contribution in [0.2, 0.25) is 0 Å². The molecule has 4 rings (SSSR count). The molecular weight excluding hydrogens is 356 g/mol. The second kappa shape index (κ2) is 7.19. The Balaban J connectivity index is 1.38. The molecule has 27 heavy (non-hydrogen) atoms. The van der Waals surface area contributed by atoms with Crippen molar-refractivity contribution in [1.29, 1.82) is 0 Å². The number of hydrogen-bond acceptors (Lipinski definition) is 4. The zero-order valence-corrected chi connectivity index (χ0v) is 16.8. The third-order valence-corrected chi connectivity index (χ3v) is 6.21. The fourth-order valence-electron chi connectivity index (χ4n) is 3.28. The van der Waals surface area contributed by atoms with Crippen LogP contribution in [0.25, 0.3) is 10.2 Å². The van der Waals surface area contributed by atoms with E-state index in [2.05, 4.69) is 49.2 Å². The summed E-state index contributed by atoms with van der Waals surface area (Å²) in [5.41, 5.74) is 5.57. The first-order valence-corrected chi connectivity index (χ1v) is 10.1. The van der Waals surface area contributed by atoms with Gasteiger partial charge in [-0.2, -0.15) is 0 Å². The molecule has 0 aliphatic carbocycles. The zero-order valence-electron chi connectivity index (χ0n) is 16.0. The van der Waals surface area contributed by atoms with Crippen LogP contribution in [0, 0.1) is 20.8 Å². The number of aromatic nitrogens is 1. The number of piperazine rings is 1. The van der Waals surface area contributed by atoms with Gasteiger partial charge in [-0.1, -0.05) is 23.5 Å². The van der Waals surface area contributed by atoms with Gasteiger partial charge >= 0.3 is 6.03 Å². The molecule has 0 saturated carbocycles. The molecule has 1 saturated heterocycles. The fraction of sp³-hybridized carbons (Fsp3) is 0.333.